The van der Waals surface area contributed by atoms with Gasteiger partial charge in [0.1, 0.15) is 0 Å². The van der Waals surface area contributed by atoms with Crippen LogP contribution < -0.4 is 31.8 Å². The quantitative estimate of drug-likeness (QED) is 0.155. The maximum atomic E-state index is 9.26. The van der Waals surface area contributed by atoms with E-state index >= 15 is 0 Å². The average molecular weight is 769 g/mol. The van der Waals surface area contributed by atoms with Gasteiger partial charge in [0, 0.05) is 12.1 Å². The Kier molecular flexibility index (Phi) is 4.26. The highest BCUT2D eigenvalue weighted by atomic mass is 32.4. The van der Waals surface area contributed by atoms with Gasteiger partial charge in [0.2, 0.25) is 0 Å². The van der Waals surface area contributed by atoms with Crippen molar-refractivity contribution < 1.29 is 27.4 Å². The van der Waals surface area contributed by atoms with Crippen LogP contribution in [0.3, 0.4) is 0 Å². The Hall–Kier alpha value is -4.94. The van der Waals surface area contributed by atoms with Gasteiger partial charge < -0.3 is 0 Å². The summed E-state index contributed by atoms with van der Waals surface area (Å²) >= 11 is 13.3. The minimum atomic E-state index is -4.35. The first-order chi connectivity index (χ1) is 34.3. The first-order valence-electron chi connectivity index (χ1n) is 26.3. The minimum absolute atomic E-state index is 0.107. The van der Waals surface area contributed by atoms with Crippen molar-refractivity contribution in [3.05, 3.63) is 228 Å². The van der Waals surface area contributed by atoms with E-state index in [0.717, 1.165) is 11.1 Å². The summed E-state index contributed by atoms with van der Waals surface area (Å²) in [5.74, 6) is 0. The molecule has 0 nitrogen and oxygen atoms in total. The molecule has 0 fully saturated rings. The highest BCUT2D eigenvalue weighted by Gasteiger charge is 2.52. The van der Waals surface area contributed by atoms with Gasteiger partial charge in [0.15, 0.2) is 0 Å². The molecule has 2 aliphatic carbocycles. The molecule has 8 aromatic carbocycles. The van der Waals surface area contributed by atoms with E-state index in [1.54, 1.807) is 36.4 Å². The lowest BCUT2D eigenvalue weighted by molar-refractivity contribution is 0.795. The Morgan fingerprint density at radius 1 is 0.340 bits per heavy atom. The number of hydrogen-bond donors (Lipinski definition) is 0. The summed E-state index contributed by atoms with van der Waals surface area (Å²) in [7, 11) is 0. The fraction of sp³-hybridized carbons (Fsp3) is 0.0204. The Morgan fingerprint density at radius 3 is 0.981 bits per heavy atom. The third-order valence-corrected chi connectivity index (χ3v) is 18.9. The summed E-state index contributed by atoms with van der Waals surface area (Å²) < 4.78 is 178. The van der Waals surface area contributed by atoms with Gasteiger partial charge in [0.25, 0.3) is 0 Å². The molecule has 0 unspecified atom stereocenters. The second-order valence-electron chi connectivity index (χ2n) is 12.4. The Morgan fingerprint density at radius 2 is 0.642 bits per heavy atom. The number of hydrogen-bond acceptors (Lipinski definition) is 2. The van der Waals surface area contributed by atoms with E-state index in [9.17, 15) is 11.0 Å². The van der Waals surface area contributed by atoms with Gasteiger partial charge in [-0.2, -0.15) is 0 Å². The molecule has 252 valence electrons. The standard InChI is InChI=1S/C49H34P2S2/c52-50(35-17-5-1-6-18-35,36-19-7-2-8-20-36)39-29-31-43-44-32-30-40(51(53,37-21-9-3-10-22-37)38-23-11-4-12-24-38)34-48(44)49(47(43)33-39)45-27-15-13-25-41(45)42-26-14-16-28-46(42)49/h1-34H/i1D,2D,3D,4D,5D,6D,7D,8D,9D,10D,11D,12D,17D,18D,19D,20D,21D,22D,23D,24D. The van der Waals surface area contributed by atoms with Crippen LogP contribution in [0.25, 0.3) is 22.3 Å². The van der Waals surface area contributed by atoms with Crippen molar-refractivity contribution in [2.75, 3.05) is 0 Å². The lowest BCUT2D eigenvalue weighted by Gasteiger charge is -2.33. The normalized spacial score (nSPS) is 18.9. The summed E-state index contributed by atoms with van der Waals surface area (Å²) in [4.78, 5) is 0. The molecule has 0 atom stereocenters. The van der Waals surface area contributed by atoms with Crippen molar-refractivity contribution in [2.45, 2.75) is 5.41 Å². The molecule has 0 bridgehead atoms. The van der Waals surface area contributed by atoms with Crippen molar-refractivity contribution in [1.82, 2.24) is 0 Å². The second kappa shape index (κ2) is 12.6. The summed E-state index contributed by atoms with van der Waals surface area (Å²) in [6, 6.07) is 1.58. The minimum Gasteiger partial charge on any atom is -0.0826 e. The zero-order valence-electron chi connectivity index (χ0n) is 47.3. The van der Waals surface area contributed by atoms with Gasteiger partial charge in [-0.1, -0.05) is 217 Å². The van der Waals surface area contributed by atoms with E-state index in [-0.39, 0.29) is 10.6 Å². The molecule has 0 saturated heterocycles. The summed E-state index contributed by atoms with van der Waals surface area (Å²) in [5, 5.41) is -1.49. The Bertz CT molecular complexity index is 3450. The topological polar surface area (TPSA) is 0 Å². The van der Waals surface area contributed by atoms with Crippen molar-refractivity contribution in [3.63, 3.8) is 0 Å². The molecule has 1 spiro atoms. The van der Waals surface area contributed by atoms with E-state index in [1.807, 2.05) is 48.5 Å². The molecule has 2 aliphatic rings. The van der Waals surface area contributed by atoms with Crippen LogP contribution in [0.2, 0.25) is 0 Å². The molecular formula is C49H34P2S2. The van der Waals surface area contributed by atoms with Crippen LogP contribution >= 0.6 is 12.1 Å². The maximum absolute atomic E-state index is 9.26. The highest BCUT2D eigenvalue weighted by molar-refractivity contribution is 8.26. The second-order valence-corrected chi connectivity index (χ2v) is 21.0. The van der Waals surface area contributed by atoms with Gasteiger partial charge >= 0.3 is 0 Å². The molecule has 0 heterocycles. The van der Waals surface area contributed by atoms with Crippen LogP contribution in [-0.4, -0.2) is 0 Å². The van der Waals surface area contributed by atoms with E-state index in [1.165, 1.54) is 0 Å². The average Bonchev–Trinajstić information content (AvgIpc) is 3.85. The molecule has 53 heavy (non-hydrogen) atoms. The van der Waals surface area contributed by atoms with E-state index in [0.29, 0.717) is 33.4 Å². The molecule has 10 rings (SSSR count). The molecule has 8 aromatic rings. The lowest BCUT2D eigenvalue weighted by atomic mass is 9.70. The zero-order valence-corrected chi connectivity index (χ0v) is 30.7. The first kappa shape index (κ1) is 17.9. The molecule has 0 N–H and O–H groups in total. The van der Waals surface area contributed by atoms with E-state index in [2.05, 4.69) is 0 Å². The van der Waals surface area contributed by atoms with Gasteiger partial charge in [-0.15, -0.1) is 0 Å². The monoisotopic (exact) mass is 768 g/mol. The molecule has 0 aromatic heterocycles. The lowest BCUT2D eigenvalue weighted by Crippen LogP contribution is -2.30. The predicted molar refractivity (Wildman–Crippen MR) is 235 cm³/mol. The fourth-order valence-corrected chi connectivity index (χ4v) is 14.0. The third kappa shape index (κ3) is 4.67. The zero-order chi connectivity index (χ0) is 53.0. The van der Waals surface area contributed by atoms with Crippen LogP contribution in [0.4, 0.5) is 0 Å². The van der Waals surface area contributed by atoms with Crippen molar-refractivity contribution in [3.8, 4) is 22.3 Å². The first-order valence-corrected chi connectivity index (χ1v) is 21.9. The summed E-state index contributed by atoms with van der Waals surface area (Å²) in [6.07, 6.45) is 0. The van der Waals surface area contributed by atoms with Crippen molar-refractivity contribution in [1.29, 1.82) is 0 Å². The van der Waals surface area contributed by atoms with Crippen molar-refractivity contribution in [2.24, 2.45) is 0 Å². The number of rotatable bonds is 6. The van der Waals surface area contributed by atoms with Crippen molar-refractivity contribution >= 4 is 67.5 Å². The number of benzene rings is 8. The number of fused-ring (bicyclic) bond motifs is 10. The van der Waals surface area contributed by atoms with Crippen LogP contribution in [0, 0.1) is 0 Å². The Labute approximate surface area is 350 Å². The van der Waals surface area contributed by atoms with E-state index in [4.69, 9.17) is 40.1 Å². The van der Waals surface area contributed by atoms with Crippen LogP contribution in [0.15, 0.2) is 206 Å². The molecule has 4 heteroatoms. The highest BCUT2D eigenvalue weighted by Crippen LogP contribution is 2.63. The largest absolute Gasteiger partial charge is 0.0826 e. The SMILES string of the molecule is [2H]c1c([2H])c([2H])c(P(=S)(c2ccc3c(c2)C2(c4ccccc4-c4ccccc42)c2cc(P(=S)(c4c([2H])c([2H])c([2H])c([2H])c4[2H])c4c([2H])c([2H])c([2H])c([2H])c4[2H])ccc2-3)c2c([2H])c([2H])c([2H])c([2H])c2[2H])c([2H])c1[2H]. The molecule has 0 amide bonds. The van der Waals surface area contributed by atoms with Crippen LogP contribution in [-0.2, 0) is 29.0 Å². The molecule has 0 saturated carbocycles. The van der Waals surface area contributed by atoms with Crippen LogP contribution in [0.1, 0.15) is 49.7 Å². The summed E-state index contributed by atoms with van der Waals surface area (Å²) in [5.41, 5.74) is 3.68. The maximum Gasteiger partial charge on any atom is 0.0726 e. The summed E-state index contributed by atoms with van der Waals surface area (Å²) in [6.45, 7) is 0. The third-order valence-electron chi connectivity index (χ3n) is 9.99. The van der Waals surface area contributed by atoms with Crippen LogP contribution in [0.5, 0.6) is 0 Å². The molecule has 0 radical (unpaired) electrons. The smallest absolute Gasteiger partial charge is 0.0726 e. The van der Waals surface area contributed by atoms with Gasteiger partial charge in [0.05, 0.1) is 32.8 Å². The molecule has 0 aliphatic heterocycles. The van der Waals surface area contributed by atoms with Gasteiger partial charge in [-0.05, 0) is 88.5 Å². The fourth-order valence-electron chi connectivity index (χ4n) is 7.85. The van der Waals surface area contributed by atoms with Gasteiger partial charge in [-0.25, -0.2) is 0 Å². The van der Waals surface area contributed by atoms with Gasteiger partial charge in [-0.3, -0.25) is 0 Å². The predicted octanol–water partition coefficient (Wildman–Crippen LogP) is 9.54. The molecular weight excluding hydrogens is 715 g/mol. The van der Waals surface area contributed by atoms with E-state index < -0.39 is 160 Å². The Balaban J connectivity index is 1.38.